The molecule has 2 aromatic carbocycles. The molecule has 1 unspecified atom stereocenters. The monoisotopic (exact) mass is 383 g/mol. The number of thioether (sulfide) groups is 2. The first kappa shape index (κ1) is 16.1. The zero-order valence-electron chi connectivity index (χ0n) is 14.0. The third kappa shape index (κ3) is 2.95. The average Bonchev–Trinajstić information content (AvgIpc) is 3.29. The number of hydrogen-bond donors (Lipinski definition) is 0. The molecule has 0 N–H and O–H groups in total. The van der Waals surface area contributed by atoms with Gasteiger partial charge in [0.2, 0.25) is 0 Å². The lowest BCUT2D eigenvalue weighted by molar-refractivity contribution is 0.171. The zero-order chi connectivity index (χ0) is 17.3. The number of fused-ring (bicyclic) bond motifs is 2. The van der Waals surface area contributed by atoms with Gasteiger partial charge in [-0.2, -0.15) is 0 Å². The largest absolute Gasteiger partial charge is 0.486 e. The number of aromatic nitrogens is 3. The highest BCUT2D eigenvalue weighted by Gasteiger charge is 2.28. The Bertz CT molecular complexity index is 930. The highest BCUT2D eigenvalue weighted by atomic mass is 32.2. The standard InChI is InChI=1S/C19H17N3O2S2/c1-2-4-13(5-3-1)18-20-21-19-22(18)14(12-26-19)11-25-15-6-7-16-17(10-15)24-9-8-23-16/h1-7,10,14H,8-9,11-12H2. The summed E-state index contributed by atoms with van der Waals surface area (Å²) in [6.07, 6.45) is 0. The van der Waals surface area contributed by atoms with Crippen LogP contribution in [0.25, 0.3) is 11.4 Å². The van der Waals surface area contributed by atoms with Crippen molar-refractivity contribution in [3.63, 3.8) is 0 Å². The summed E-state index contributed by atoms with van der Waals surface area (Å²) in [6, 6.07) is 16.8. The van der Waals surface area contributed by atoms with Crippen LogP contribution in [-0.2, 0) is 0 Å². The summed E-state index contributed by atoms with van der Waals surface area (Å²) in [7, 11) is 0. The van der Waals surface area contributed by atoms with Crippen molar-refractivity contribution < 1.29 is 9.47 Å². The van der Waals surface area contributed by atoms with E-state index in [9.17, 15) is 0 Å². The molecular formula is C19H17N3O2S2. The first-order chi connectivity index (χ1) is 12.9. The normalized spacial score (nSPS) is 17.9. The highest BCUT2D eigenvalue weighted by molar-refractivity contribution is 8.00. The van der Waals surface area contributed by atoms with Crippen LogP contribution in [0.4, 0.5) is 0 Å². The number of hydrogen-bond acceptors (Lipinski definition) is 6. The van der Waals surface area contributed by atoms with Crippen LogP contribution in [0.15, 0.2) is 58.6 Å². The van der Waals surface area contributed by atoms with E-state index in [4.69, 9.17) is 9.47 Å². The van der Waals surface area contributed by atoms with Crippen LogP contribution in [0.2, 0.25) is 0 Å². The van der Waals surface area contributed by atoms with Crippen LogP contribution in [-0.4, -0.2) is 39.5 Å². The van der Waals surface area contributed by atoms with Crippen LogP contribution in [0.5, 0.6) is 11.5 Å². The number of ether oxygens (including phenoxy) is 2. The van der Waals surface area contributed by atoms with Crippen LogP contribution >= 0.6 is 23.5 Å². The Balaban J connectivity index is 1.35. The van der Waals surface area contributed by atoms with Crippen LogP contribution in [0.3, 0.4) is 0 Å². The highest BCUT2D eigenvalue weighted by Crippen LogP contribution is 2.40. The number of nitrogens with zero attached hydrogens (tertiary/aromatic N) is 3. The lowest BCUT2D eigenvalue weighted by atomic mass is 10.2. The summed E-state index contributed by atoms with van der Waals surface area (Å²) < 4.78 is 13.6. The maximum absolute atomic E-state index is 5.69. The molecule has 1 aromatic heterocycles. The van der Waals surface area contributed by atoms with Crippen molar-refractivity contribution in [3.05, 3.63) is 48.5 Å². The second-order valence-electron chi connectivity index (χ2n) is 6.12. The van der Waals surface area contributed by atoms with Crippen LogP contribution in [0, 0.1) is 0 Å². The summed E-state index contributed by atoms with van der Waals surface area (Å²) in [6.45, 7) is 1.24. The minimum atomic E-state index is 0.374. The van der Waals surface area contributed by atoms with Crippen molar-refractivity contribution in [2.24, 2.45) is 0 Å². The van der Waals surface area contributed by atoms with E-state index in [-0.39, 0.29) is 0 Å². The molecule has 0 spiro atoms. The first-order valence-corrected chi connectivity index (χ1v) is 10.5. The molecule has 0 saturated carbocycles. The molecule has 3 aromatic rings. The van der Waals surface area contributed by atoms with Gasteiger partial charge >= 0.3 is 0 Å². The fourth-order valence-electron chi connectivity index (χ4n) is 3.16. The molecule has 132 valence electrons. The SMILES string of the molecule is c1ccc(-c2nnc3n2C(CSc2ccc4c(c2)OCCO4)CS3)cc1. The van der Waals surface area contributed by atoms with Crippen molar-refractivity contribution in [2.45, 2.75) is 16.1 Å². The molecule has 7 heteroatoms. The molecule has 5 rings (SSSR count). The van der Waals surface area contributed by atoms with E-state index in [1.165, 1.54) is 4.90 Å². The van der Waals surface area contributed by atoms with Gasteiger partial charge in [0.15, 0.2) is 22.5 Å². The Morgan fingerprint density at radius 2 is 1.88 bits per heavy atom. The Morgan fingerprint density at radius 3 is 2.77 bits per heavy atom. The van der Waals surface area contributed by atoms with E-state index in [0.717, 1.165) is 39.5 Å². The van der Waals surface area contributed by atoms with E-state index in [1.807, 2.05) is 36.0 Å². The molecule has 26 heavy (non-hydrogen) atoms. The predicted octanol–water partition coefficient (Wildman–Crippen LogP) is 4.16. The van der Waals surface area contributed by atoms with Crippen LogP contribution in [0.1, 0.15) is 6.04 Å². The molecule has 0 amide bonds. The third-order valence-electron chi connectivity index (χ3n) is 4.42. The van der Waals surface area contributed by atoms with Crippen LogP contribution < -0.4 is 9.47 Å². The summed E-state index contributed by atoms with van der Waals surface area (Å²) in [4.78, 5) is 1.20. The van der Waals surface area contributed by atoms with Gasteiger partial charge in [-0.05, 0) is 18.2 Å². The van der Waals surface area contributed by atoms with E-state index in [2.05, 4.69) is 39.0 Å². The molecule has 5 nitrogen and oxygen atoms in total. The zero-order valence-corrected chi connectivity index (χ0v) is 15.6. The van der Waals surface area contributed by atoms with Gasteiger partial charge in [0.1, 0.15) is 13.2 Å². The summed E-state index contributed by atoms with van der Waals surface area (Å²) >= 11 is 3.62. The smallest absolute Gasteiger partial charge is 0.191 e. The molecule has 1 atom stereocenters. The Hall–Kier alpha value is -2.12. The van der Waals surface area contributed by atoms with Crippen molar-refractivity contribution in [1.82, 2.24) is 14.8 Å². The summed E-state index contributed by atoms with van der Waals surface area (Å²) in [5.41, 5.74) is 1.11. The number of benzene rings is 2. The summed E-state index contributed by atoms with van der Waals surface area (Å²) in [5, 5.41) is 9.79. The van der Waals surface area contributed by atoms with Gasteiger partial charge < -0.3 is 9.47 Å². The third-order valence-corrected chi connectivity index (χ3v) is 6.65. The maximum atomic E-state index is 5.69. The maximum Gasteiger partial charge on any atom is 0.191 e. The minimum absolute atomic E-state index is 0.374. The lowest BCUT2D eigenvalue weighted by Crippen LogP contribution is -2.15. The van der Waals surface area contributed by atoms with Crippen molar-refractivity contribution in [1.29, 1.82) is 0 Å². The molecule has 0 saturated heterocycles. The van der Waals surface area contributed by atoms with Gasteiger partial charge in [-0.25, -0.2) is 0 Å². The van der Waals surface area contributed by atoms with Gasteiger partial charge in [0.25, 0.3) is 0 Å². The quantitative estimate of drug-likeness (QED) is 0.631. The van der Waals surface area contributed by atoms with E-state index in [0.29, 0.717) is 19.3 Å². The fourth-order valence-corrected chi connectivity index (χ4v) is 5.40. The predicted molar refractivity (Wildman–Crippen MR) is 103 cm³/mol. The minimum Gasteiger partial charge on any atom is -0.486 e. The van der Waals surface area contributed by atoms with Gasteiger partial charge in [0.05, 0.1) is 6.04 Å². The summed E-state index contributed by atoms with van der Waals surface area (Å²) in [5.74, 6) is 4.64. The molecule has 0 fully saturated rings. The van der Waals surface area contributed by atoms with E-state index in [1.54, 1.807) is 11.8 Å². The molecule has 3 heterocycles. The molecule has 0 aliphatic carbocycles. The second-order valence-corrected chi connectivity index (χ2v) is 8.20. The fraction of sp³-hybridized carbons (Fsp3) is 0.263. The van der Waals surface area contributed by atoms with Crippen molar-refractivity contribution >= 4 is 23.5 Å². The lowest BCUT2D eigenvalue weighted by Gasteiger charge is -2.19. The molecule has 0 radical (unpaired) electrons. The second kappa shape index (κ2) is 6.89. The van der Waals surface area contributed by atoms with Crippen molar-refractivity contribution in [2.75, 3.05) is 24.7 Å². The molecular weight excluding hydrogens is 366 g/mol. The van der Waals surface area contributed by atoms with Gasteiger partial charge in [0, 0.05) is 22.0 Å². The molecule has 2 aliphatic heterocycles. The van der Waals surface area contributed by atoms with Crippen molar-refractivity contribution in [3.8, 4) is 22.9 Å². The Kier molecular flexibility index (Phi) is 4.26. The van der Waals surface area contributed by atoms with E-state index < -0.39 is 0 Å². The Morgan fingerprint density at radius 1 is 1.04 bits per heavy atom. The van der Waals surface area contributed by atoms with Gasteiger partial charge in [-0.3, -0.25) is 4.57 Å². The topological polar surface area (TPSA) is 49.2 Å². The molecule has 2 aliphatic rings. The van der Waals surface area contributed by atoms with E-state index >= 15 is 0 Å². The molecule has 0 bridgehead atoms. The van der Waals surface area contributed by atoms with Gasteiger partial charge in [-0.1, -0.05) is 42.1 Å². The number of rotatable bonds is 4. The first-order valence-electron chi connectivity index (χ1n) is 8.54. The average molecular weight is 383 g/mol. The van der Waals surface area contributed by atoms with Gasteiger partial charge in [-0.15, -0.1) is 22.0 Å². The Labute approximate surface area is 160 Å².